The van der Waals surface area contributed by atoms with Crippen LogP contribution in [-0.2, 0) is 0 Å². The van der Waals surface area contributed by atoms with Crippen LogP contribution in [0.3, 0.4) is 0 Å². The Morgan fingerprint density at radius 3 is 2.36 bits per heavy atom. The van der Waals surface area contributed by atoms with Gasteiger partial charge in [-0.25, -0.2) is 0 Å². The highest BCUT2D eigenvalue weighted by molar-refractivity contribution is 6.99. The van der Waals surface area contributed by atoms with Crippen LogP contribution in [0, 0.1) is 0 Å². The van der Waals surface area contributed by atoms with Crippen molar-refractivity contribution in [2.75, 3.05) is 0 Å². The molecule has 0 aliphatic rings. The normalized spacial score (nSPS) is 16.2. The van der Waals surface area contributed by atoms with Gasteiger partial charge < -0.3 is 4.80 Å². The van der Waals surface area contributed by atoms with E-state index in [1.54, 1.807) is 0 Å². The van der Waals surface area contributed by atoms with Crippen LogP contribution in [0.25, 0.3) is 0 Å². The standard InChI is InChI=1S/C8H14OSi2/c1-7(11(9)10)8-5-3-2-4-6-8/h2-7,9,11H,1,10H3. The molecule has 0 aliphatic carbocycles. The van der Waals surface area contributed by atoms with E-state index in [0.717, 1.165) is 9.76 Å². The summed E-state index contributed by atoms with van der Waals surface area (Å²) >= 11 is 0. The molecule has 0 heterocycles. The van der Waals surface area contributed by atoms with Gasteiger partial charge in [0.1, 0.15) is 0 Å². The molecule has 1 nitrogen and oxygen atoms in total. The maximum atomic E-state index is 9.47. The predicted octanol–water partition coefficient (Wildman–Crippen LogP) is -0.0925. The van der Waals surface area contributed by atoms with Crippen LogP contribution in [0.15, 0.2) is 30.3 Å². The third kappa shape index (κ3) is 2.29. The second kappa shape index (κ2) is 3.85. The van der Waals surface area contributed by atoms with Gasteiger partial charge in [0, 0.05) is 9.76 Å². The van der Waals surface area contributed by atoms with Gasteiger partial charge in [-0.1, -0.05) is 37.3 Å². The lowest BCUT2D eigenvalue weighted by molar-refractivity contribution is 0.577. The summed E-state index contributed by atoms with van der Waals surface area (Å²) in [5.41, 5.74) is 1.73. The minimum Gasteiger partial charge on any atom is -0.438 e. The average Bonchev–Trinajstić information content (AvgIpc) is 2.05. The van der Waals surface area contributed by atoms with Gasteiger partial charge in [-0.05, 0) is 11.1 Å². The third-order valence-corrected chi connectivity index (χ3v) is 6.88. The lowest BCUT2D eigenvalue weighted by Crippen LogP contribution is -2.21. The molecule has 0 bridgehead atoms. The van der Waals surface area contributed by atoms with Crippen molar-refractivity contribution in [2.45, 2.75) is 12.5 Å². The molecular formula is C8H14OSi2. The fourth-order valence-electron chi connectivity index (χ4n) is 1.04. The fraction of sp³-hybridized carbons (Fsp3) is 0.250. The van der Waals surface area contributed by atoms with E-state index in [4.69, 9.17) is 0 Å². The minimum absolute atomic E-state index is 0.433. The maximum Gasteiger partial charge on any atom is 0.156 e. The first kappa shape index (κ1) is 8.71. The van der Waals surface area contributed by atoms with Crippen molar-refractivity contribution in [3.63, 3.8) is 0 Å². The number of hydrogen-bond donors (Lipinski definition) is 1. The van der Waals surface area contributed by atoms with Gasteiger partial charge in [-0.2, -0.15) is 0 Å². The van der Waals surface area contributed by atoms with Crippen molar-refractivity contribution in [3.8, 4) is 0 Å². The third-order valence-electron chi connectivity index (χ3n) is 2.05. The summed E-state index contributed by atoms with van der Waals surface area (Å²) < 4.78 is 0. The molecule has 0 saturated carbocycles. The van der Waals surface area contributed by atoms with E-state index in [-0.39, 0.29) is 0 Å². The van der Waals surface area contributed by atoms with E-state index in [2.05, 4.69) is 19.1 Å². The molecule has 1 N–H and O–H groups in total. The van der Waals surface area contributed by atoms with Gasteiger partial charge in [0.2, 0.25) is 0 Å². The molecule has 0 aromatic heterocycles. The second-order valence-corrected chi connectivity index (χ2v) is 8.97. The highest BCUT2D eigenvalue weighted by Crippen LogP contribution is 2.14. The molecule has 11 heavy (non-hydrogen) atoms. The quantitative estimate of drug-likeness (QED) is 0.634. The fourth-order valence-corrected chi connectivity index (χ4v) is 2.97. The molecule has 0 aliphatic heterocycles. The summed E-state index contributed by atoms with van der Waals surface area (Å²) in [6, 6.07) is 10.3. The molecular weight excluding hydrogens is 168 g/mol. The first-order chi connectivity index (χ1) is 5.22. The van der Waals surface area contributed by atoms with Crippen LogP contribution >= 0.6 is 0 Å². The highest BCUT2D eigenvalue weighted by atomic mass is 29.2. The summed E-state index contributed by atoms with van der Waals surface area (Å²) in [5, 5.41) is 0. The Bertz CT molecular complexity index is 211. The van der Waals surface area contributed by atoms with Crippen LogP contribution in [0.5, 0.6) is 0 Å². The zero-order valence-corrected chi connectivity index (χ0v) is 10.1. The Labute approximate surface area is 72.0 Å². The van der Waals surface area contributed by atoms with Gasteiger partial charge >= 0.3 is 0 Å². The molecule has 0 amide bonds. The van der Waals surface area contributed by atoms with E-state index >= 15 is 0 Å². The smallest absolute Gasteiger partial charge is 0.156 e. The zero-order chi connectivity index (χ0) is 8.27. The van der Waals surface area contributed by atoms with Crippen molar-refractivity contribution in [1.82, 2.24) is 0 Å². The molecule has 0 fully saturated rings. The van der Waals surface area contributed by atoms with E-state index in [0.29, 0.717) is 5.54 Å². The molecule has 1 aromatic carbocycles. The summed E-state index contributed by atoms with van der Waals surface area (Å²) in [4.78, 5) is 9.47. The molecule has 60 valence electrons. The van der Waals surface area contributed by atoms with E-state index < -0.39 is 8.56 Å². The molecule has 1 rings (SSSR count). The lowest BCUT2D eigenvalue weighted by atomic mass is 10.2. The molecule has 0 radical (unpaired) electrons. The summed E-state index contributed by atoms with van der Waals surface area (Å²) in [6.07, 6.45) is 0. The zero-order valence-electron chi connectivity index (χ0n) is 6.99. The van der Waals surface area contributed by atoms with Gasteiger partial charge in [-0.15, -0.1) is 0 Å². The van der Waals surface area contributed by atoms with Crippen molar-refractivity contribution in [1.29, 1.82) is 0 Å². The van der Waals surface area contributed by atoms with Crippen LogP contribution < -0.4 is 0 Å². The number of benzene rings is 1. The first-order valence-electron chi connectivity index (χ1n) is 3.95. The summed E-state index contributed by atoms with van der Waals surface area (Å²) in [5.74, 6) is 0. The van der Waals surface area contributed by atoms with Crippen LogP contribution in [0.2, 0.25) is 0 Å². The second-order valence-electron chi connectivity index (χ2n) is 2.94. The average molecular weight is 182 g/mol. The lowest BCUT2D eigenvalue weighted by Gasteiger charge is -2.12. The van der Waals surface area contributed by atoms with Gasteiger partial charge in [0.25, 0.3) is 0 Å². The highest BCUT2D eigenvalue weighted by Gasteiger charge is 2.11. The summed E-state index contributed by atoms with van der Waals surface area (Å²) in [7, 11) is -0.370. The van der Waals surface area contributed by atoms with Crippen molar-refractivity contribution < 1.29 is 4.80 Å². The molecule has 3 heteroatoms. The van der Waals surface area contributed by atoms with E-state index in [1.165, 1.54) is 5.56 Å². The van der Waals surface area contributed by atoms with Crippen molar-refractivity contribution >= 4 is 18.3 Å². The van der Waals surface area contributed by atoms with Crippen molar-refractivity contribution in [2.24, 2.45) is 0 Å². The summed E-state index contributed by atoms with van der Waals surface area (Å²) in [6.45, 7) is 2.12. The van der Waals surface area contributed by atoms with Crippen LogP contribution in [-0.4, -0.2) is 23.1 Å². The molecule has 2 unspecified atom stereocenters. The predicted molar refractivity (Wildman–Crippen MR) is 54.2 cm³/mol. The Morgan fingerprint density at radius 2 is 1.91 bits per heavy atom. The molecule has 0 spiro atoms. The monoisotopic (exact) mass is 182 g/mol. The van der Waals surface area contributed by atoms with Gasteiger partial charge in [-0.3, -0.25) is 0 Å². The first-order valence-corrected chi connectivity index (χ1v) is 9.75. The SMILES string of the molecule is CC(c1ccccc1)[SiH](O)[SiH3]. The van der Waals surface area contributed by atoms with E-state index in [9.17, 15) is 4.80 Å². The topological polar surface area (TPSA) is 20.2 Å². The molecule has 2 atom stereocenters. The van der Waals surface area contributed by atoms with Crippen molar-refractivity contribution in [3.05, 3.63) is 35.9 Å². The molecule has 0 saturated heterocycles. The Kier molecular flexibility index (Phi) is 3.05. The van der Waals surface area contributed by atoms with Crippen LogP contribution in [0.1, 0.15) is 18.0 Å². The maximum absolute atomic E-state index is 9.47. The number of hydrogen-bond acceptors (Lipinski definition) is 1. The Morgan fingerprint density at radius 1 is 1.36 bits per heavy atom. The van der Waals surface area contributed by atoms with Gasteiger partial charge in [0.15, 0.2) is 8.56 Å². The van der Waals surface area contributed by atoms with Crippen LogP contribution in [0.4, 0.5) is 0 Å². The Hall–Kier alpha value is -0.386. The van der Waals surface area contributed by atoms with E-state index in [1.807, 2.05) is 18.2 Å². The largest absolute Gasteiger partial charge is 0.438 e. The number of rotatable bonds is 2. The molecule has 1 aromatic rings. The van der Waals surface area contributed by atoms with Gasteiger partial charge in [0.05, 0.1) is 0 Å². The Balaban J connectivity index is 2.77. The minimum atomic E-state index is -1.35.